The molecule has 9 heteroatoms. The van der Waals surface area contributed by atoms with Crippen LogP contribution in [0.2, 0.25) is 36.3 Å². The number of ether oxygens (including phenoxy) is 2. The predicted octanol–water partition coefficient (Wildman–Crippen LogP) is 10.7. The smallest absolute Gasteiger partial charge is 0.306 e. The van der Waals surface area contributed by atoms with Gasteiger partial charge in [-0.25, -0.2) is 0 Å². The lowest BCUT2D eigenvalue weighted by molar-refractivity contribution is -0.147. The van der Waals surface area contributed by atoms with Gasteiger partial charge in [-0.3, -0.25) is 4.79 Å². The van der Waals surface area contributed by atoms with Gasteiger partial charge in [0.25, 0.3) is 5.92 Å². The molecule has 1 aliphatic rings. The number of hydrogen-bond donors (Lipinski definition) is 0. The maximum Gasteiger partial charge on any atom is 0.306 e. The Labute approximate surface area is 280 Å². The Morgan fingerprint density at radius 3 is 2.00 bits per heavy atom. The van der Waals surface area contributed by atoms with Gasteiger partial charge in [-0.15, -0.1) is 0 Å². The number of rotatable bonds is 22. The van der Waals surface area contributed by atoms with Gasteiger partial charge in [0.05, 0.1) is 18.3 Å². The van der Waals surface area contributed by atoms with Crippen LogP contribution in [0.5, 0.6) is 5.75 Å². The molecule has 1 aromatic rings. The highest BCUT2D eigenvalue weighted by Gasteiger charge is 2.48. The molecule has 0 N–H and O–H groups in total. The van der Waals surface area contributed by atoms with E-state index in [4.69, 9.17) is 18.3 Å². The number of unbranched alkanes of at least 4 members (excludes halogenated alkanes) is 1. The molecule has 0 aromatic heterocycles. The normalized spacial score (nSPS) is 21.1. The van der Waals surface area contributed by atoms with Crippen LogP contribution < -0.4 is 4.74 Å². The van der Waals surface area contributed by atoms with Gasteiger partial charge in [0.15, 0.2) is 23.2 Å². The summed E-state index contributed by atoms with van der Waals surface area (Å²) in [7, 11) is -4.00. The van der Waals surface area contributed by atoms with Crippen molar-refractivity contribution in [3.8, 4) is 5.75 Å². The first-order valence-corrected chi connectivity index (χ1v) is 22.9. The Morgan fingerprint density at radius 2 is 1.46 bits per heavy atom. The number of carbonyl (C=O) groups excluding carboxylic acids is 1. The number of carbonyl (C=O) groups is 1. The van der Waals surface area contributed by atoms with Gasteiger partial charge in [-0.05, 0) is 99.9 Å². The van der Waals surface area contributed by atoms with Crippen LogP contribution in [-0.4, -0.2) is 53.4 Å². The molecule has 1 fully saturated rings. The first-order valence-electron chi connectivity index (χ1n) is 17.9. The number of alkyl halides is 2. The van der Waals surface area contributed by atoms with Crippen molar-refractivity contribution in [2.24, 2.45) is 11.8 Å². The number of hydrogen-bond acceptors (Lipinski definition) is 5. The average molecular weight is 681 g/mol. The number of para-hydroxylation sites is 1. The van der Waals surface area contributed by atoms with Crippen LogP contribution in [0.3, 0.4) is 0 Å². The van der Waals surface area contributed by atoms with Gasteiger partial charge in [-0.1, -0.05) is 78.0 Å². The molecule has 0 bridgehead atoms. The second-order valence-electron chi connectivity index (χ2n) is 13.1. The Hall–Kier alpha value is -1.82. The molecule has 0 saturated heterocycles. The minimum atomic E-state index is -3.13. The molecule has 0 aliphatic heterocycles. The third-order valence-electron chi connectivity index (χ3n) is 9.97. The third-order valence-corrected chi connectivity index (χ3v) is 19.3. The van der Waals surface area contributed by atoms with Crippen molar-refractivity contribution in [1.29, 1.82) is 0 Å². The van der Waals surface area contributed by atoms with Crippen LogP contribution in [0.4, 0.5) is 8.78 Å². The maximum absolute atomic E-state index is 15.3. The summed E-state index contributed by atoms with van der Waals surface area (Å²) in [6.07, 6.45) is 10.0. The van der Waals surface area contributed by atoms with E-state index < -0.39 is 29.2 Å². The second kappa shape index (κ2) is 19.9. The van der Waals surface area contributed by atoms with Gasteiger partial charge in [0, 0.05) is 12.3 Å². The zero-order chi connectivity index (χ0) is 34.2. The topological polar surface area (TPSA) is 54.0 Å². The highest BCUT2D eigenvalue weighted by molar-refractivity contribution is 6.74. The number of allylic oxidation sites excluding steroid dienone is 2. The van der Waals surface area contributed by atoms with Crippen LogP contribution >= 0.6 is 0 Å². The van der Waals surface area contributed by atoms with Crippen molar-refractivity contribution in [2.45, 2.75) is 148 Å². The fourth-order valence-electron chi connectivity index (χ4n) is 6.62. The van der Waals surface area contributed by atoms with Gasteiger partial charge in [0.1, 0.15) is 5.75 Å². The number of halogens is 2. The van der Waals surface area contributed by atoms with E-state index in [1.807, 2.05) is 19.9 Å². The Kier molecular flexibility index (Phi) is 17.4. The number of benzene rings is 1. The monoisotopic (exact) mass is 680 g/mol. The molecule has 4 atom stereocenters. The minimum Gasteiger partial charge on any atom is -0.487 e. The average Bonchev–Trinajstić information content (AvgIpc) is 3.36. The standard InChI is InChI=1S/C37H62F2O5Si2/c1-9-45(10-2,11-3)43-34-28-35(44-46(12-4,13-5)14-6)33(26-27-37(38,39)29-41-31-22-18-17-19-23-31)32(34)24-20-15-16-21-25-36(40)42-30(7)8/h15,17-20,22-23,26-27,30,32-35H,9-14,16,21,24-25,28-29H2,1-8H3/b20-15-,27-26+/t32-,33-,34?,35?/m1/s1. The van der Waals surface area contributed by atoms with Gasteiger partial charge in [-0.2, -0.15) is 8.78 Å². The van der Waals surface area contributed by atoms with E-state index in [1.54, 1.807) is 30.3 Å². The summed E-state index contributed by atoms with van der Waals surface area (Å²) < 4.78 is 55.6. The highest BCUT2D eigenvalue weighted by atomic mass is 28.4. The molecule has 1 aromatic carbocycles. The fourth-order valence-corrected chi connectivity index (χ4v) is 12.4. The second-order valence-corrected chi connectivity index (χ2v) is 22.6. The van der Waals surface area contributed by atoms with Gasteiger partial charge in [0.2, 0.25) is 0 Å². The summed E-state index contributed by atoms with van der Waals surface area (Å²) in [5.41, 5.74) is 0. The van der Waals surface area contributed by atoms with Crippen LogP contribution in [0.15, 0.2) is 54.6 Å². The molecule has 1 aliphatic carbocycles. The van der Waals surface area contributed by atoms with Crippen LogP contribution in [0.25, 0.3) is 0 Å². The first kappa shape index (κ1) is 40.4. The highest BCUT2D eigenvalue weighted by Crippen LogP contribution is 2.44. The summed E-state index contributed by atoms with van der Waals surface area (Å²) in [6.45, 7) is 16.3. The molecule has 1 saturated carbocycles. The summed E-state index contributed by atoms with van der Waals surface area (Å²) in [6, 6.07) is 14.9. The Morgan fingerprint density at radius 1 is 0.891 bits per heavy atom. The van der Waals surface area contributed by atoms with E-state index in [9.17, 15) is 4.79 Å². The van der Waals surface area contributed by atoms with E-state index in [0.29, 0.717) is 25.0 Å². The maximum atomic E-state index is 15.3. The lowest BCUT2D eigenvalue weighted by Crippen LogP contribution is -2.42. The van der Waals surface area contributed by atoms with E-state index in [1.165, 1.54) is 0 Å². The minimum absolute atomic E-state index is 0.0167. The Balaban J connectivity index is 2.37. The molecule has 0 heterocycles. The van der Waals surface area contributed by atoms with Crippen molar-refractivity contribution < 1.29 is 31.9 Å². The third kappa shape index (κ3) is 12.7. The molecular weight excluding hydrogens is 619 g/mol. The van der Waals surface area contributed by atoms with Crippen LogP contribution in [0.1, 0.15) is 87.5 Å². The summed E-state index contributed by atoms with van der Waals surface area (Å²) in [4.78, 5) is 12.0. The van der Waals surface area contributed by atoms with E-state index in [0.717, 1.165) is 55.2 Å². The molecule has 0 radical (unpaired) electrons. The number of esters is 1. The van der Waals surface area contributed by atoms with Crippen molar-refractivity contribution in [2.75, 3.05) is 6.61 Å². The largest absolute Gasteiger partial charge is 0.487 e. The molecule has 0 spiro atoms. The van der Waals surface area contributed by atoms with E-state index in [-0.39, 0.29) is 36.1 Å². The van der Waals surface area contributed by atoms with E-state index >= 15 is 8.78 Å². The van der Waals surface area contributed by atoms with Crippen molar-refractivity contribution >= 4 is 22.6 Å². The molecule has 2 rings (SSSR count). The molecule has 0 amide bonds. The fraction of sp³-hybridized carbons (Fsp3) is 0.703. The lowest BCUT2D eigenvalue weighted by Gasteiger charge is -2.34. The zero-order valence-corrected chi connectivity index (χ0v) is 31.9. The van der Waals surface area contributed by atoms with Crippen LogP contribution in [-0.2, 0) is 18.4 Å². The van der Waals surface area contributed by atoms with Crippen molar-refractivity contribution in [3.05, 3.63) is 54.6 Å². The van der Waals surface area contributed by atoms with Crippen molar-refractivity contribution in [3.63, 3.8) is 0 Å². The van der Waals surface area contributed by atoms with Crippen LogP contribution in [0, 0.1) is 11.8 Å². The summed E-state index contributed by atoms with van der Waals surface area (Å²) in [5, 5.41) is 0. The molecule has 46 heavy (non-hydrogen) atoms. The zero-order valence-electron chi connectivity index (χ0n) is 29.9. The SMILES string of the molecule is CC[Si](CC)(CC)OC1CC(O[Si](CC)(CC)CC)[C@H](C/C=C\CCCC(=O)OC(C)C)[C@H]1/C=C/C(F)(F)COc1ccccc1. The predicted molar refractivity (Wildman–Crippen MR) is 191 cm³/mol. The van der Waals surface area contributed by atoms with Crippen molar-refractivity contribution in [1.82, 2.24) is 0 Å². The van der Waals surface area contributed by atoms with Gasteiger partial charge < -0.3 is 18.3 Å². The summed E-state index contributed by atoms with van der Waals surface area (Å²) in [5.74, 6) is -3.06. The molecular formula is C37H62F2O5Si2. The molecule has 2 unspecified atom stereocenters. The quantitative estimate of drug-likeness (QED) is 0.0528. The molecule has 5 nitrogen and oxygen atoms in total. The van der Waals surface area contributed by atoms with E-state index in [2.05, 4.69) is 53.7 Å². The Bertz CT molecular complexity index is 1040. The van der Waals surface area contributed by atoms with Gasteiger partial charge >= 0.3 is 5.97 Å². The first-order chi connectivity index (χ1) is 21.9. The lowest BCUT2D eigenvalue weighted by atomic mass is 9.89. The summed E-state index contributed by atoms with van der Waals surface area (Å²) >= 11 is 0. The molecule has 262 valence electrons.